The first kappa shape index (κ1) is 14.4. The monoisotopic (exact) mass is 315 g/mol. The van der Waals surface area contributed by atoms with Crippen molar-refractivity contribution in [2.45, 2.75) is 6.54 Å². The second-order valence-electron chi connectivity index (χ2n) is 4.59. The molecule has 0 spiro atoms. The topological polar surface area (TPSA) is 60.2 Å². The van der Waals surface area contributed by atoms with Crippen molar-refractivity contribution < 1.29 is 9.15 Å². The molecule has 0 saturated carbocycles. The molecule has 3 rings (SSSR count). The Hall–Kier alpha value is -2.53. The molecule has 5 nitrogen and oxygen atoms in total. The third-order valence-corrected chi connectivity index (χ3v) is 3.31. The largest absolute Gasteiger partial charge is 0.497 e. The number of nitrogens with one attached hydrogen (secondary N) is 1. The number of benzene rings is 2. The van der Waals surface area contributed by atoms with E-state index in [0.717, 1.165) is 17.0 Å². The summed E-state index contributed by atoms with van der Waals surface area (Å²) in [4.78, 5) is 0. The molecule has 1 heterocycles. The van der Waals surface area contributed by atoms with Gasteiger partial charge in [-0.2, -0.15) is 0 Å². The van der Waals surface area contributed by atoms with Crippen molar-refractivity contribution in [3.05, 3.63) is 59.4 Å². The average molecular weight is 316 g/mol. The maximum atomic E-state index is 5.96. The maximum absolute atomic E-state index is 5.96. The van der Waals surface area contributed by atoms with Crippen molar-refractivity contribution in [2.24, 2.45) is 0 Å². The van der Waals surface area contributed by atoms with E-state index in [-0.39, 0.29) is 0 Å². The molecule has 0 amide bonds. The van der Waals surface area contributed by atoms with Crippen LogP contribution in [0, 0.1) is 0 Å². The molecule has 1 N–H and O–H groups in total. The van der Waals surface area contributed by atoms with Crippen molar-refractivity contribution in [2.75, 3.05) is 12.4 Å². The Morgan fingerprint density at radius 3 is 2.68 bits per heavy atom. The first-order valence-corrected chi connectivity index (χ1v) is 7.08. The van der Waals surface area contributed by atoms with Gasteiger partial charge in [0.2, 0.25) is 11.8 Å². The second-order valence-corrected chi connectivity index (χ2v) is 5.03. The average Bonchev–Trinajstić information content (AvgIpc) is 3.02. The highest BCUT2D eigenvalue weighted by molar-refractivity contribution is 6.30. The van der Waals surface area contributed by atoms with Gasteiger partial charge in [0.1, 0.15) is 5.75 Å². The molecule has 1 aromatic heterocycles. The smallest absolute Gasteiger partial charge is 0.247 e. The van der Waals surface area contributed by atoms with Crippen LogP contribution in [-0.2, 0) is 6.54 Å². The lowest BCUT2D eigenvalue weighted by atomic mass is 10.2. The van der Waals surface area contributed by atoms with E-state index in [4.69, 9.17) is 20.8 Å². The van der Waals surface area contributed by atoms with Crippen molar-refractivity contribution >= 4 is 17.3 Å². The van der Waals surface area contributed by atoms with Crippen LogP contribution in [0.4, 0.5) is 5.69 Å². The van der Waals surface area contributed by atoms with E-state index in [2.05, 4.69) is 15.5 Å². The number of aromatic nitrogens is 2. The highest BCUT2D eigenvalue weighted by Crippen LogP contribution is 2.22. The Morgan fingerprint density at radius 2 is 1.95 bits per heavy atom. The van der Waals surface area contributed by atoms with Gasteiger partial charge in [0.25, 0.3) is 0 Å². The zero-order valence-electron chi connectivity index (χ0n) is 11.9. The summed E-state index contributed by atoms with van der Waals surface area (Å²) in [7, 11) is 1.64. The molecule has 0 unspecified atom stereocenters. The molecular weight excluding hydrogens is 302 g/mol. The van der Waals surface area contributed by atoms with Crippen molar-refractivity contribution in [1.82, 2.24) is 10.2 Å². The molecule has 0 saturated heterocycles. The minimum absolute atomic E-state index is 0.444. The molecule has 0 aliphatic rings. The summed E-state index contributed by atoms with van der Waals surface area (Å²) in [6, 6.07) is 14.9. The summed E-state index contributed by atoms with van der Waals surface area (Å²) in [6.45, 7) is 0.444. The zero-order valence-corrected chi connectivity index (χ0v) is 12.7. The van der Waals surface area contributed by atoms with Gasteiger partial charge in [0, 0.05) is 16.3 Å². The van der Waals surface area contributed by atoms with E-state index >= 15 is 0 Å². The van der Waals surface area contributed by atoms with Gasteiger partial charge in [-0.15, -0.1) is 10.2 Å². The predicted molar refractivity (Wildman–Crippen MR) is 85.1 cm³/mol. The highest BCUT2D eigenvalue weighted by atomic mass is 35.5. The molecule has 3 aromatic rings. The van der Waals surface area contributed by atoms with E-state index in [1.165, 1.54) is 0 Å². The normalized spacial score (nSPS) is 10.5. The van der Waals surface area contributed by atoms with Gasteiger partial charge in [-0.1, -0.05) is 17.7 Å². The van der Waals surface area contributed by atoms with E-state index < -0.39 is 0 Å². The molecule has 0 radical (unpaired) electrons. The molecule has 112 valence electrons. The maximum Gasteiger partial charge on any atom is 0.247 e. The number of hydrogen-bond acceptors (Lipinski definition) is 5. The third kappa shape index (κ3) is 3.38. The lowest BCUT2D eigenvalue weighted by Crippen LogP contribution is -1.99. The fourth-order valence-corrected chi connectivity index (χ4v) is 2.14. The molecule has 6 heteroatoms. The number of ether oxygens (including phenoxy) is 1. The quantitative estimate of drug-likeness (QED) is 0.770. The summed E-state index contributed by atoms with van der Waals surface area (Å²) >= 11 is 5.96. The Kier molecular flexibility index (Phi) is 4.25. The van der Waals surface area contributed by atoms with Crippen LogP contribution in [0.2, 0.25) is 5.02 Å². The Labute approximate surface area is 132 Å². The van der Waals surface area contributed by atoms with Crippen molar-refractivity contribution in [3.8, 4) is 17.2 Å². The van der Waals surface area contributed by atoms with E-state index in [1.807, 2.05) is 36.4 Å². The second kappa shape index (κ2) is 6.49. The van der Waals surface area contributed by atoms with Crippen LogP contribution < -0.4 is 10.1 Å². The van der Waals surface area contributed by atoms with Crippen LogP contribution in [0.15, 0.2) is 52.9 Å². The summed E-state index contributed by atoms with van der Waals surface area (Å²) in [5, 5.41) is 11.9. The van der Waals surface area contributed by atoms with Gasteiger partial charge in [-0.3, -0.25) is 0 Å². The number of anilines is 1. The number of hydrogen-bond donors (Lipinski definition) is 1. The number of methoxy groups -OCH3 is 1. The minimum Gasteiger partial charge on any atom is -0.497 e. The third-order valence-electron chi connectivity index (χ3n) is 3.07. The lowest BCUT2D eigenvalue weighted by molar-refractivity contribution is 0.415. The van der Waals surface area contributed by atoms with Gasteiger partial charge in [-0.05, 0) is 42.5 Å². The fraction of sp³-hybridized carbons (Fsp3) is 0.125. The predicted octanol–water partition coefficient (Wildman–Crippen LogP) is 4.01. The summed E-state index contributed by atoms with van der Waals surface area (Å²) in [5.41, 5.74) is 1.75. The van der Waals surface area contributed by atoms with Gasteiger partial charge in [0.15, 0.2) is 0 Å². The van der Waals surface area contributed by atoms with Gasteiger partial charge in [-0.25, -0.2) is 0 Å². The number of rotatable bonds is 5. The lowest BCUT2D eigenvalue weighted by Gasteiger charge is -2.04. The van der Waals surface area contributed by atoms with Crippen LogP contribution in [0.3, 0.4) is 0 Å². The van der Waals surface area contributed by atoms with Crippen LogP contribution in [-0.4, -0.2) is 17.3 Å². The first-order chi connectivity index (χ1) is 10.7. The summed E-state index contributed by atoms with van der Waals surface area (Å²) < 4.78 is 10.7. The van der Waals surface area contributed by atoms with Crippen LogP contribution in [0.25, 0.3) is 11.5 Å². The number of halogens is 1. The molecule has 0 bridgehead atoms. The van der Waals surface area contributed by atoms with Crippen LogP contribution >= 0.6 is 11.6 Å². The molecule has 0 atom stereocenters. The van der Waals surface area contributed by atoms with E-state index in [0.29, 0.717) is 23.3 Å². The molecule has 0 aliphatic heterocycles. The Bertz CT molecular complexity index is 756. The first-order valence-electron chi connectivity index (χ1n) is 6.71. The Balaban J connectivity index is 1.66. The van der Waals surface area contributed by atoms with Crippen LogP contribution in [0.1, 0.15) is 5.89 Å². The SMILES string of the molecule is COc1ccc(NCc2nnc(-c3cccc(Cl)c3)o2)cc1. The number of nitrogens with zero attached hydrogens (tertiary/aromatic N) is 2. The Morgan fingerprint density at radius 1 is 1.14 bits per heavy atom. The van der Waals surface area contributed by atoms with Gasteiger partial charge in [0.05, 0.1) is 13.7 Å². The highest BCUT2D eigenvalue weighted by Gasteiger charge is 2.08. The standard InChI is InChI=1S/C16H14ClN3O2/c1-21-14-7-5-13(6-8-14)18-10-15-19-20-16(22-15)11-3-2-4-12(17)9-11/h2-9,18H,10H2,1H3. The molecular formula is C16H14ClN3O2. The molecule has 2 aromatic carbocycles. The minimum atomic E-state index is 0.444. The molecule has 0 aliphatic carbocycles. The van der Waals surface area contributed by atoms with E-state index in [9.17, 15) is 0 Å². The summed E-state index contributed by atoms with van der Waals surface area (Å²) in [6.07, 6.45) is 0. The van der Waals surface area contributed by atoms with Gasteiger partial charge < -0.3 is 14.5 Å². The fourth-order valence-electron chi connectivity index (χ4n) is 1.95. The summed E-state index contributed by atoms with van der Waals surface area (Å²) in [5.74, 6) is 1.77. The molecule has 0 fully saturated rings. The van der Waals surface area contributed by atoms with Gasteiger partial charge >= 0.3 is 0 Å². The van der Waals surface area contributed by atoms with Crippen molar-refractivity contribution in [3.63, 3.8) is 0 Å². The molecule has 22 heavy (non-hydrogen) atoms. The van der Waals surface area contributed by atoms with E-state index in [1.54, 1.807) is 19.2 Å². The zero-order chi connectivity index (χ0) is 15.4. The van der Waals surface area contributed by atoms with Crippen LogP contribution in [0.5, 0.6) is 5.75 Å². The van der Waals surface area contributed by atoms with Crippen molar-refractivity contribution in [1.29, 1.82) is 0 Å².